The Labute approximate surface area is 110 Å². The summed E-state index contributed by atoms with van der Waals surface area (Å²) in [5, 5.41) is 17.3. The molecule has 2 aliphatic rings. The first-order chi connectivity index (χ1) is 9.13. The van der Waals surface area contributed by atoms with Crippen LogP contribution >= 0.6 is 0 Å². The normalized spacial score (nSPS) is 18.6. The van der Waals surface area contributed by atoms with E-state index < -0.39 is 4.92 Å². The molecule has 1 heterocycles. The predicted octanol–water partition coefficient (Wildman–Crippen LogP) is 1.10. The molecule has 102 valence electrons. The molecular weight excluding hydrogens is 248 g/mol. The zero-order valence-electron chi connectivity index (χ0n) is 10.5. The van der Waals surface area contributed by atoms with Crippen molar-refractivity contribution in [1.82, 2.24) is 15.1 Å². The van der Waals surface area contributed by atoms with E-state index in [1.54, 1.807) is 0 Å². The minimum Gasteiger partial charge on any atom is -0.358 e. The van der Waals surface area contributed by atoms with Gasteiger partial charge in [-0.1, -0.05) is 0 Å². The highest BCUT2D eigenvalue weighted by Crippen LogP contribution is 2.44. The molecule has 0 radical (unpaired) electrons. The number of nitrogens with zero attached hydrogens (tertiary/aromatic N) is 3. The van der Waals surface area contributed by atoms with Crippen molar-refractivity contribution < 1.29 is 9.72 Å². The van der Waals surface area contributed by atoms with Gasteiger partial charge in [0.15, 0.2) is 0 Å². The van der Waals surface area contributed by atoms with Crippen molar-refractivity contribution in [3.05, 3.63) is 22.4 Å². The minimum absolute atomic E-state index is 0.0454. The summed E-state index contributed by atoms with van der Waals surface area (Å²) in [5.41, 5.74) is 0. The Bertz CT molecular complexity index is 493. The van der Waals surface area contributed by atoms with Gasteiger partial charge in [0.2, 0.25) is 5.91 Å². The van der Waals surface area contributed by atoms with E-state index in [9.17, 15) is 14.9 Å². The third-order valence-electron chi connectivity index (χ3n) is 3.71. The van der Waals surface area contributed by atoms with Crippen LogP contribution < -0.4 is 5.32 Å². The Hall–Kier alpha value is -1.92. The van der Waals surface area contributed by atoms with Crippen LogP contribution in [0.15, 0.2) is 12.3 Å². The van der Waals surface area contributed by atoms with Crippen LogP contribution in [0.4, 0.5) is 5.82 Å². The summed E-state index contributed by atoms with van der Waals surface area (Å²) >= 11 is 0. The maximum Gasteiger partial charge on any atom is 0.389 e. The van der Waals surface area contributed by atoms with Crippen molar-refractivity contribution in [1.29, 1.82) is 0 Å². The van der Waals surface area contributed by atoms with Crippen LogP contribution in [0, 0.1) is 22.0 Å². The van der Waals surface area contributed by atoms with E-state index >= 15 is 0 Å². The van der Waals surface area contributed by atoms with Crippen molar-refractivity contribution in [2.45, 2.75) is 38.3 Å². The summed E-state index contributed by atoms with van der Waals surface area (Å²) in [4.78, 5) is 21.9. The fraction of sp³-hybridized carbons (Fsp3) is 0.667. The summed E-state index contributed by atoms with van der Waals surface area (Å²) in [6, 6.07) is 1.60. The second-order valence-electron chi connectivity index (χ2n) is 5.40. The van der Waals surface area contributed by atoms with Crippen LogP contribution in [0.3, 0.4) is 0 Å². The van der Waals surface area contributed by atoms with E-state index in [4.69, 9.17) is 0 Å². The zero-order chi connectivity index (χ0) is 13.4. The first kappa shape index (κ1) is 12.1. The van der Waals surface area contributed by atoms with Crippen molar-refractivity contribution in [2.24, 2.45) is 11.8 Å². The molecule has 0 atom stereocenters. The Kier molecular flexibility index (Phi) is 2.96. The molecule has 0 aromatic carbocycles. The van der Waals surface area contributed by atoms with Gasteiger partial charge < -0.3 is 15.4 Å². The Balaban J connectivity index is 1.56. The van der Waals surface area contributed by atoms with E-state index in [1.165, 1.54) is 42.6 Å². The van der Waals surface area contributed by atoms with Crippen LogP contribution in [-0.2, 0) is 11.3 Å². The molecule has 2 saturated carbocycles. The summed E-state index contributed by atoms with van der Waals surface area (Å²) in [5.74, 6) is 0.947. The molecule has 1 N–H and O–H groups in total. The van der Waals surface area contributed by atoms with Gasteiger partial charge in [0, 0.05) is 6.04 Å². The molecule has 7 nitrogen and oxygen atoms in total. The lowest BCUT2D eigenvalue weighted by Gasteiger charge is -2.16. The van der Waals surface area contributed by atoms with Crippen molar-refractivity contribution in [2.75, 3.05) is 0 Å². The van der Waals surface area contributed by atoms with Gasteiger partial charge in [-0.25, -0.2) is 0 Å². The van der Waals surface area contributed by atoms with Gasteiger partial charge in [0.25, 0.3) is 0 Å². The molecule has 0 aliphatic heterocycles. The average Bonchev–Trinajstić information content (AvgIpc) is 3.26. The van der Waals surface area contributed by atoms with Gasteiger partial charge in [-0.15, -0.1) is 0 Å². The first-order valence-corrected chi connectivity index (χ1v) is 6.60. The van der Waals surface area contributed by atoms with E-state index in [0.29, 0.717) is 17.9 Å². The van der Waals surface area contributed by atoms with Gasteiger partial charge in [-0.05, 0) is 42.4 Å². The fourth-order valence-electron chi connectivity index (χ4n) is 2.45. The van der Waals surface area contributed by atoms with Crippen LogP contribution in [0.5, 0.6) is 0 Å². The highest BCUT2D eigenvalue weighted by molar-refractivity contribution is 5.76. The molecule has 19 heavy (non-hydrogen) atoms. The molecule has 0 bridgehead atoms. The average molecular weight is 264 g/mol. The van der Waals surface area contributed by atoms with Gasteiger partial charge in [-0.2, -0.15) is 4.68 Å². The van der Waals surface area contributed by atoms with Crippen molar-refractivity contribution in [3.63, 3.8) is 0 Å². The topological polar surface area (TPSA) is 90.1 Å². The van der Waals surface area contributed by atoms with E-state index in [2.05, 4.69) is 10.4 Å². The number of amides is 1. The molecule has 0 spiro atoms. The molecule has 7 heteroatoms. The van der Waals surface area contributed by atoms with Crippen molar-refractivity contribution >= 4 is 11.7 Å². The number of nitrogens with one attached hydrogen (secondary N) is 1. The number of carbonyl (C=O) groups is 1. The van der Waals surface area contributed by atoms with Gasteiger partial charge >= 0.3 is 5.82 Å². The molecule has 1 amide bonds. The number of hydrogen-bond donors (Lipinski definition) is 1. The molecule has 2 aliphatic carbocycles. The summed E-state index contributed by atoms with van der Waals surface area (Å²) < 4.78 is 1.31. The van der Waals surface area contributed by atoms with Crippen molar-refractivity contribution in [3.8, 4) is 0 Å². The smallest absolute Gasteiger partial charge is 0.358 e. The molecule has 3 rings (SSSR count). The quantitative estimate of drug-likeness (QED) is 0.615. The van der Waals surface area contributed by atoms with Crippen LogP contribution in [0.25, 0.3) is 0 Å². The second-order valence-corrected chi connectivity index (χ2v) is 5.40. The molecule has 1 aromatic heterocycles. The highest BCUT2D eigenvalue weighted by Gasteiger charge is 2.42. The first-order valence-electron chi connectivity index (χ1n) is 6.60. The second kappa shape index (κ2) is 4.64. The number of carbonyl (C=O) groups excluding carboxylic acids is 1. The number of nitro groups is 1. The minimum atomic E-state index is -0.564. The number of aromatic nitrogens is 2. The Morgan fingerprint density at radius 1 is 1.47 bits per heavy atom. The van der Waals surface area contributed by atoms with Gasteiger partial charge in [0.1, 0.15) is 6.54 Å². The lowest BCUT2D eigenvalue weighted by Crippen LogP contribution is -2.40. The monoisotopic (exact) mass is 264 g/mol. The van der Waals surface area contributed by atoms with Crippen LogP contribution in [0.1, 0.15) is 25.7 Å². The number of rotatable bonds is 6. The van der Waals surface area contributed by atoms with Gasteiger partial charge in [-0.3, -0.25) is 4.79 Å². The molecule has 0 saturated heterocycles. The third kappa shape index (κ3) is 2.91. The van der Waals surface area contributed by atoms with Crippen LogP contribution in [0.2, 0.25) is 0 Å². The molecule has 1 aromatic rings. The fourth-order valence-corrected chi connectivity index (χ4v) is 2.45. The number of hydrogen-bond acceptors (Lipinski definition) is 4. The van der Waals surface area contributed by atoms with E-state index in [-0.39, 0.29) is 18.3 Å². The third-order valence-corrected chi connectivity index (χ3v) is 3.71. The SMILES string of the molecule is O=C(Cn1ccc([N+](=O)[O-])n1)NC(C1CC1)C1CC1. The molecule has 2 fully saturated rings. The van der Waals surface area contributed by atoms with E-state index in [0.717, 1.165) is 0 Å². The predicted molar refractivity (Wildman–Crippen MR) is 66.3 cm³/mol. The molecular formula is C12H16N4O3. The maximum atomic E-state index is 11.9. The highest BCUT2D eigenvalue weighted by atomic mass is 16.6. The Morgan fingerprint density at radius 3 is 2.58 bits per heavy atom. The lowest BCUT2D eigenvalue weighted by atomic mass is 10.1. The summed E-state index contributed by atoms with van der Waals surface area (Å²) in [6.45, 7) is 0.0454. The standard InChI is InChI=1S/C12H16N4O3/c17-11(7-15-6-5-10(14-15)16(18)19)13-12(8-1-2-8)9-3-4-9/h5-6,8-9,12H,1-4,7H2,(H,13,17). The summed E-state index contributed by atoms with van der Waals surface area (Å²) in [6.07, 6.45) is 6.27. The largest absolute Gasteiger partial charge is 0.389 e. The van der Waals surface area contributed by atoms with E-state index in [1.807, 2.05) is 0 Å². The molecule has 0 unspecified atom stereocenters. The Morgan fingerprint density at radius 2 is 2.11 bits per heavy atom. The summed E-state index contributed by atoms with van der Waals surface area (Å²) in [7, 11) is 0. The van der Waals surface area contributed by atoms with Crippen LogP contribution in [-0.4, -0.2) is 26.7 Å². The maximum absolute atomic E-state index is 11.9. The van der Waals surface area contributed by atoms with Gasteiger partial charge in [0.05, 0.1) is 17.4 Å². The lowest BCUT2D eigenvalue weighted by molar-refractivity contribution is -0.389. The zero-order valence-corrected chi connectivity index (χ0v) is 10.5.